The second-order valence-electron chi connectivity index (χ2n) is 3.85. The van der Waals surface area contributed by atoms with Crippen LogP contribution in [0.2, 0.25) is 0 Å². The minimum atomic E-state index is -3.75. The van der Waals surface area contributed by atoms with E-state index in [1.165, 1.54) is 7.05 Å². The number of nitrogens with one attached hydrogen (secondary N) is 1. The highest BCUT2D eigenvalue weighted by Gasteiger charge is 2.17. The van der Waals surface area contributed by atoms with E-state index in [9.17, 15) is 21.6 Å². The Morgan fingerprint density at radius 3 is 2.28 bits per heavy atom. The molecule has 0 fully saturated rings. The van der Waals surface area contributed by atoms with Crippen molar-refractivity contribution >= 4 is 26.0 Å². The van der Waals surface area contributed by atoms with Gasteiger partial charge in [0, 0.05) is 26.4 Å². The van der Waals surface area contributed by atoms with Crippen LogP contribution >= 0.6 is 0 Å². The van der Waals surface area contributed by atoms with E-state index in [2.05, 4.69) is 4.72 Å². The predicted molar refractivity (Wildman–Crippen MR) is 66.1 cm³/mol. The molecule has 0 amide bonds. The fraction of sp³-hybridized carbons (Fsp3) is 0.875. The summed E-state index contributed by atoms with van der Waals surface area (Å²) < 4.78 is 47.8. The van der Waals surface area contributed by atoms with Gasteiger partial charge in [0.1, 0.15) is 9.84 Å². The van der Waals surface area contributed by atoms with Gasteiger partial charge >= 0.3 is 5.97 Å². The number of nitrogens with zero attached hydrogens (tertiary/aromatic N) is 1. The third kappa shape index (κ3) is 8.39. The van der Waals surface area contributed by atoms with Crippen molar-refractivity contribution in [2.45, 2.75) is 12.8 Å². The number of carboxylic acids is 1. The van der Waals surface area contributed by atoms with Gasteiger partial charge in [-0.05, 0) is 6.42 Å². The molecule has 0 spiro atoms. The van der Waals surface area contributed by atoms with Gasteiger partial charge in [0.2, 0.25) is 0 Å². The Hall–Kier alpha value is -0.710. The fourth-order valence-corrected chi connectivity index (χ4v) is 2.64. The molecule has 18 heavy (non-hydrogen) atoms. The van der Waals surface area contributed by atoms with Gasteiger partial charge in [0.15, 0.2) is 0 Å². The lowest BCUT2D eigenvalue weighted by molar-refractivity contribution is -0.137. The molecular weight excluding hydrogens is 284 g/mol. The molecule has 0 aliphatic heterocycles. The molecule has 8 nitrogen and oxygen atoms in total. The fourth-order valence-electron chi connectivity index (χ4n) is 1.02. The molecule has 0 heterocycles. The van der Waals surface area contributed by atoms with E-state index in [0.29, 0.717) is 0 Å². The number of carboxylic acid groups (broad SMARTS) is 1. The van der Waals surface area contributed by atoms with Crippen molar-refractivity contribution in [2.75, 3.05) is 32.1 Å². The van der Waals surface area contributed by atoms with Gasteiger partial charge in [-0.15, -0.1) is 0 Å². The molecule has 0 saturated heterocycles. The minimum absolute atomic E-state index is 0.00713. The zero-order valence-corrected chi connectivity index (χ0v) is 11.9. The first-order chi connectivity index (χ1) is 8.04. The number of hydrogen-bond donors (Lipinski definition) is 2. The van der Waals surface area contributed by atoms with Crippen molar-refractivity contribution in [3.05, 3.63) is 0 Å². The van der Waals surface area contributed by atoms with Crippen molar-refractivity contribution in [3.8, 4) is 0 Å². The number of carbonyl (C=O) groups is 1. The van der Waals surface area contributed by atoms with Crippen LogP contribution in [0.15, 0.2) is 0 Å². The molecule has 0 aliphatic rings. The van der Waals surface area contributed by atoms with Crippen LogP contribution in [0, 0.1) is 0 Å². The molecule has 0 bridgehead atoms. The Balaban J connectivity index is 4.11. The second-order valence-corrected chi connectivity index (χ2v) is 7.97. The van der Waals surface area contributed by atoms with E-state index in [4.69, 9.17) is 5.11 Å². The van der Waals surface area contributed by atoms with Crippen LogP contribution in [-0.2, 0) is 24.8 Å². The van der Waals surface area contributed by atoms with E-state index in [1.54, 1.807) is 0 Å². The van der Waals surface area contributed by atoms with Crippen molar-refractivity contribution in [3.63, 3.8) is 0 Å². The van der Waals surface area contributed by atoms with E-state index < -0.39 is 26.0 Å². The molecule has 0 aliphatic carbocycles. The maximum absolute atomic E-state index is 11.5. The van der Waals surface area contributed by atoms with Gasteiger partial charge in [-0.3, -0.25) is 4.79 Å². The maximum Gasteiger partial charge on any atom is 0.304 e. The Kier molecular flexibility index (Phi) is 6.74. The van der Waals surface area contributed by atoms with Gasteiger partial charge < -0.3 is 5.11 Å². The summed E-state index contributed by atoms with van der Waals surface area (Å²) in [4.78, 5) is 10.3. The summed E-state index contributed by atoms with van der Waals surface area (Å²) in [6.07, 6.45) is 0.950. The van der Waals surface area contributed by atoms with Gasteiger partial charge in [0.25, 0.3) is 10.2 Å². The molecule has 0 saturated carbocycles. The lowest BCUT2D eigenvalue weighted by Crippen LogP contribution is -2.39. The maximum atomic E-state index is 11.5. The van der Waals surface area contributed by atoms with Crippen LogP contribution in [-0.4, -0.2) is 64.4 Å². The van der Waals surface area contributed by atoms with Crippen LogP contribution in [0.5, 0.6) is 0 Å². The van der Waals surface area contributed by atoms with E-state index in [1.807, 2.05) is 0 Å². The average Bonchev–Trinajstić information content (AvgIpc) is 2.19. The third-order valence-corrected chi connectivity index (χ3v) is 4.63. The van der Waals surface area contributed by atoms with Crippen molar-refractivity contribution < 1.29 is 26.7 Å². The molecule has 0 unspecified atom stereocenters. The minimum Gasteiger partial charge on any atom is -0.481 e. The Labute approximate surface area is 107 Å². The number of hydrogen-bond acceptors (Lipinski definition) is 5. The SMILES string of the molecule is CN(CCC(=O)O)S(=O)(=O)NCCCS(C)(=O)=O. The molecule has 0 aromatic heterocycles. The van der Waals surface area contributed by atoms with Crippen LogP contribution in [0.25, 0.3) is 0 Å². The summed E-state index contributed by atoms with van der Waals surface area (Å²) in [7, 11) is -5.61. The first-order valence-electron chi connectivity index (χ1n) is 5.15. The Bertz CT molecular complexity index is 470. The van der Waals surface area contributed by atoms with Gasteiger partial charge in [-0.25, -0.2) is 13.1 Å². The smallest absolute Gasteiger partial charge is 0.304 e. The molecule has 10 heteroatoms. The van der Waals surface area contributed by atoms with E-state index >= 15 is 0 Å². The highest BCUT2D eigenvalue weighted by molar-refractivity contribution is 7.90. The van der Waals surface area contributed by atoms with Crippen molar-refractivity contribution in [2.24, 2.45) is 0 Å². The summed E-state index contributed by atoms with van der Waals surface area (Å²) in [6.45, 7) is -0.149. The normalized spacial score (nSPS) is 12.8. The highest BCUT2D eigenvalue weighted by atomic mass is 32.2. The third-order valence-electron chi connectivity index (χ3n) is 2.03. The first-order valence-corrected chi connectivity index (χ1v) is 8.65. The molecule has 108 valence electrons. The first kappa shape index (κ1) is 17.3. The van der Waals surface area contributed by atoms with Gasteiger partial charge in [-0.1, -0.05) is 0 Å². The largest absolute Gasteiger partial charge is 0.481 e. The van der Waals surface area contributed by atoms with Crippen LogP contribution in [0.3, 0.4) is 0 Å². The lowest BCUT2D eigenvalue weighted by atomic mass is 10.4. The van der Waals surface area contributed by atoms with Crippen molar-refractivity contribution in [1.82, 2.24) is 9.03 Å². The Morgan fingerprint density at radius 1 is 1.28 bits per heavy atom. The van der Waals surface area contributed by atoms with E-state index in [-0.39, 0.29) is 31.7 Å². The molecule has 2 N–H and O–H groups in total. The standard InChI is InChI=1S/C8H18N2O6S2/c1-10(6-4-8(11)12)18(15,16)9-5-3-7-17(2,13)14/h9H,3-7H2,1-2H3,(H,11,12). The molecule has 0 rings (SSSR count). The monoisotopic (exact) mass is 302 g/mol. The predicted octanol–water partition coefficient (Wildman–Crippen LogP) is -1.34. The number of rotatable bonds is 9. The number of aliphatic carboxylic acids is 1. The summed E-state index contributed by atoms with van der Waals surface area (Å²) in [5.41, 5.74) is 0. The van der Waals surface area contributed by atoms with Gasteiger partial charge in [-0.2, -0.15) is 12.7 Å². The summed E-state index contributed by atoms with van der Waals surface area (Å²) in [5.74, 6) is -1.19. The van der Waals surface area contributed by atoms with Crippen molar-refractivity contribution in [1.29, 1.82) is 0 Å². The van der Waals surface area contributed by atoms with Crippen LogP contribution in [0.4, 0.5) is 0 Å². The average molecular weight is 302 g/mol. The highest BCUT2D eigenvalue weighted by Crippen LogP contribution is 1.96. The topological polar surface area (TPSA) is 121 Å². The molecule has 0 radical (unpaired) electrons. The lowest BCUT2D eigenvalue weighted by Gasteiger charge is -2.16. The Morgan fingerprint density at radius 2 is 1.83 bits per heavy atom. The van der Waals surface area contributed by atoms with Crippen LogP contribution < -0.4 is 4.72 Å². The molecular formula is C8H18N2O6S2. The summed E-state index contributed by atoms with van der Waals surface area (Å²) >= 11 is 0. The molecule has 0 atom stereocenters. The van der Waals surface area contributed by atoms with Crippen LogP contribution in [0.1, 0.15) is 12.8 Å². The van der Waals surface area contributed by atoms with E-state index in [0.717, 1.165) is 10.6 Å². The quantitative estimate of drug-likeness (QED) is 0.509. The molecule has 0 aromatic rings. The molecule has 0 aromatic carbocycles. The zero-order chi connectivity index (χ0) is 14.4. The second kappa shape index (κ2) is 7.02. The zero-order valence-electron chi connectivity index (χ0n) is 10.3. The summed E-state index contributed by atoms with van der Waals surface area (Å²) in [6, 6.07) is 0. The van der Waals surface area contributed by atoms with Gasteiger partial charge in [0.05, 0.1) is 12.2 Å². The number of sulfone groups is 1. The summed E-state index contributed by atoms with van der Waals surface area (Å²) in [5, 5.41) is 8.42.